The van der Waals surface area contributed by atoms with Crippen molar-refractivity contribution < 1.29 is 14.3 Å². The number of amides is 2. The van der Waals surface area contributed by atoms with Gasteiger partial charge in [0.05, 0.1) is 24.5 Å². The lowest BCUT2D eigenvalue weighted by Gasteiger charge is -2.39. The Bertz CT molecular complexity index is 514. The minimum atomic E-state index is -0.205. The average molecular weight is 257 g/mol. The monoisotopic (exact) mass is 257 g/mol. The van der Waals surface area contributed by atoms with Crippen LogP contribution in [0.4, 0.5) is 0 Å². The second-order valence-electron chi connectivity index (χ2n) is 5.59. The molecule has 19 heavy (non-hydrogen) atoms. The first-order chi connectivity index (χ1) is 9.27. The SMILES string of the molecule is O=C1[C@@H]2[C@H]3OCC[C@H]3[C@@H]2C(=O)N1Cc1ccccc1. The maximum absolute atomic E-state index is 12.4. The maximum Gasteiger partial charge on any atom is 0.236 e. The van der Waals surface area contributed by atoms with E-state index >= 15 is 0 Å². The van der Waals surface area contributed by atoms with Crippen molar-refractivity contribution in [2.45, 2.75) is 19.1 Å². The molecule has 0 bridgehead atoms. The number of benzene rings is 1. The van der Waals surface area contributed by atoms with Crippen molar-refractivity contribution in [1.29, 1.82) is 0 Å². The van der Waals surface area contributed by atoms with Gasteiger partial charge in [-0.2, -0.15) is 0 Å². The molecule has 98 valence electrons. The molecule has 1 aromatic carbocycles. The first-order valence-corrected chi connectivity index (χ1v) is 6.78. The van der Waals surface area contributed by atoms with E-state index in [1.807, 2.05) is 30.3 Å². The lowest BCUT2D eigenvalue weighted by atomic mass is 9.63. The van der Waals surface area contributed by atoms with E-state index in [-0.39, 0.29) is 35.7 Å². The van der Waals surface area contributed by atoms with Gasteiger partial charge >= 0.3 is 0 Å². The molecule has 4 atom stereocenters. The van der Waals surface area contributed by atoms with Crippen LogP contribution in [0.3, 0.4) is 0 Å². The minimum absolute atomic E-state index is 0.00206. The maximum atomic E-state index is 12.4. The Labute approximate surface area is 111 Å². The molecule has 1 aromatic rings. The highest BCUT2D eigenvalue weighted by Gasteiger charge is 2.66. The summed E-state index contributed by atoms with van der Waals surface area (Å²) in [6, 6.07) is 9.66. The van der Waals surface area contributed by atoms with Gasteiger partial charge in [-0.3, -0.25) is 14.5 Å². The molecular weight excluding hydrogens is 242 g/mol. The number of nitrogens with zero attached hydrogens (tertiary/aromatic N) is 1. The van der Waals surface area contributed by atoms with Crippen molar-refractivity contribution in [3.05, 3.63) is 35.9 Å². The van der Waals surface area contributed by atoms with E-state index in [9.17, 15) is 9.59 Å². The van der Waals surface area contributed by atoms with E-state index in [0.29, 0.717) is 13.2 Å². The number of hydrogen-bond donors (Lipinski definition) is 0. The molecule has 4 nitrogen and oxygen atoms in total. The summed E-state index contributed by atoms with van der Waals surface area (Å²) in [5, 5.41) is 0. The average Bonchev–Trinajstić information content (AvgIpc) is 2.88. The number of hydrogen-bond acceptors (Lipinski definition) is 3. The van der Waals surface area contributed by atoms with Crippen LogP contribution in [0.2, 0.25) is 0 Å². The van der Waals surface area contributed by atoms with Crippen LogP contribution in [0, 0.1) is 17.8 Å². The lowest BCUT2D eigenvalue weighted by Crippen LogP contribution is -2.50. The van der Waals surface area contributed by atoms with Crippen LogP contribution < -0.4 is 0 Å². The van der Waals surface area contributed by atoms with Gasteiger partial charge in [-0.15, -0.1) is 0 Å². The fraction of sp³-hybridized carbons (Fsp3) is 0.467. The van der Waals surface area contributed by atoms with Gasteiger partial charge in [0, 0.05) is 12.5 Å². The van der Waals surface area contributed by atoms with Gasteiger partial charge in [0.15, 0.2) is 0 Å². The molecule has 3 fully saturated rings. The van der Waals surface area contributed by atoms with Gasteiger partial charge in [0.1, 0.15) is 0 Å². The Morgan fingerprint density at radius 1 is 1.11 bits per heavy atom. The number of likely N-dealkylation sites (tertiary alicyclic amines) is 1. The molecule has 0 unspecified atom stereocenters. The van der Waals surface area contributed by atoms with E-state index < -0.39 is 0 Å². The minimum Gasteiger partial charge on any atom is -0.377 e. The third kappa shape index (κ3) is 1.43. The standard InChI is InChI=1S/C15H15NO3/c17-14-11-10-6-7-19-13(10)12(11)15(18)16(14)8-9-4-2-1-3-5-9/h1-5,10-13H,6-8H2/t10-,11-,12-,13-/m0/s1. The van der Waals surface area contributed by atoms with Crippen LogP contribution in [0.25, 0.3) is 0 Å². The Balaban J connectivity index is 1.58. The zero-order valence-electron chi connectivity index (χ0n) is 10.5. The first-order valence-electron chi connectivity index (χ1n) is 6.78. The second kappa shape index (κ2) is 3.90. The summed E-state index contributed by atoms with van der Waals surface area (Å²) in [7, 11) is 0. The summed E-state index contributed by atoms with van der Waals surface area (Å²) in [6.07, 6.45) is 0.923. The normalized spacial score (nSPS) is 36.1. The van der Waals surface area contributed by atoms with Gasteiger partial charge in [-0.1, -0.05) is 30.3 Å². The molecule has 1 aliphatic carbocycles. The zero-order valence-corrected chi connectivity index (χ0v) is 10.5. The van der Waals surface area contributed by atoms with Gasteiger partial charge in [-0.05, 0) is 12.0 Å². The number of carbonyl (C=O) groups excluding carboxylic acids is 2. The van der Waals surface area contributed by atoms with E-state index in [1.165, 1.54) is 4.90 Å². The Kier molecular flexibility index (Phi) is 2.30. The van der Waals surface area contributed by atoms with Crippen molar-refractivity contribution in [1.82, 2.24) is 4.90 Å². The molecule has 0 N–H and O–H groups in total. The smallest absolute Gasteiger partial charge is 0.236 e. The van der Waals surface area contributed by atoms with E-state index in [4.69, 9.17) is 4.74 Å². The van der Waals surface area contributed by atoms with E-state index in [0.717, 1.165) is 12.0 Å². The zero-order chi connectivity index (χ0) is 13.0. The topological polar surface area (TPSA) is 46.6 Å². The van der Waals surface area contributed by atoms with Gasteiger partial charge in [-0.25, -0.2) is 0 Å². The highest BCUT2D eigenvalue weighted by atomic mass is 16.5. The van der Waals surface area contributed by atoms with Crippen molar-refractivity contribution in [2.75, 3.05) is 6.61 Å². The van der Waals surface area contributed by atoms with Crippen LogP contribution in [-0.2, 0) is 20.9 Å². The number of carbonyl (C=O) groups is 2. The Morgan fingerprint density at radius 3 is 2.63 bits per heavy atom. The largest absolute Gasteiger partial charge is 0.377 e. The van der Waals surface area contributed by atoms with Crippen molar-refractivity contribution in [2.24, 2.45) is 17.8 Å². The van der Waals surface area contributed by atoms with Crippen LogP contribution in [0.5, 0.6) is 0 Å². The fourth-order valence-corrected chi connectivity index (χ4v) is 3.73. The van der Waals surface area contributed by atoms with Crippen LogP contribution in [0.1, 0.15) is 12.0 Å². The van der Waals surface area contributed by atoms with E-state index in [2.05, 4.69) is 0 Å². The highest BCUT2D eigenvalue weighted by molar-refractivity contribution is 6.07. The number of ether oxygens (including phenoxy) is 1. The summed E-state index contributed by atoms with van der Waals surface area (Å²) in [4.78, 5) is 26.1. The predicted molar refractivity (Wildman–Crippen MR) is 66.8 cm³/mol. The molecule has 4 heteroatoms. The van der Waals surface area contributed by atoms with Gasteiger partial charge in [0.25, 0.3) is 0 Å². The molecule has 2 heterocycles. The van der Waals surface area contributed by atoms with Crippen LogP contribution in [-0.4, -0.2) is 29.4 Å². The quantitative estimate of drug-likeness (QED) is 0.748. The molecule has 0 aromatic heterocycles. The summed E-state index contributed by atoms with van der Waals surface area (Å²) < 4.78 is 5.58. The summed E-state index contributed by atoms with van der Waals surface area (Å²) in [6.45, 7) is 1.09. The van der Waals surface area contributed by atoms with Crippen LogP contribution in [0.15, 0.2) is 30.3 Å². The van der Waals surface area contributed by atoms with Gasteiger partial charge in [0.2, 0.25) is 11.8 Å². The van der Waals surface area contributed by atoms with Crippen molar-refractivity contribution in [3.8, 4) is 0 Å². The Hall–Kier alpha value is -1.68. The molecular formula is C15H15NO3. The molecule has 2 saturated heterocycles. The highest BCUT2D eigenvalue weighted by Crippen LogP contribution is 2.53. The third-order valence-corrected chi connectivity index (χ3v) is 4.67. The molecule has 4 rings (SSSR count). The summed E-state index contributed by atoms with van der Waals surface area (Å²) in [5.41, 5.74) is 0.997. The number of imide groups is 1. The first kappa shape index (κ1) is 11.2. The molecule has 1 saturated carbocycles. The molecule has 2 amide bonds. The number of rotatable bonds is 2. The molecule has 2 aliphatic heterocycles. The molecule has 0 spiro atoms. The number of fused-ring (bicyclic) bond motifs is 4. The molecule has 3 aliphatic rings. The summed E-state index contributed by atoms with van der Waals surface area (Å²) in [5.74, 6) is -0.0674. The summed E-state index contributed by atoms with van der Waals surface area (Å²) >= 11 is 0. The second-order valence-corrected chi connectivity index (χ2v) is 5.59. The third-order valence-electron chi connectivity index (χ3n) is 4.67. The van der Waals surface area contributed by atoms with E-state index in [1.54, 1.807) is 0 Å². The van der Waals surface area contributed by atoms with Gasteiger partial charge < -0.3 is 4.74 Å². The fourth-order valence-electron chi connectivity index (χ4n) is 3.73. The van der Waals surface area contributed by atoms with Crippen LogP contribution >= 0.6 is 0 Å². The molecule has 0 radical (unpaired) electrons. The lowest BCUT2D eigenvalue weighted by molar-refractivity contribution is -0.142. The Morgan fingerprint density at radius 2 is 1.84 bits per heavy atom. The predicted octanol–water partition coefficient (Wildman–Crippen LogP) is 1.21. The van der Waals surface area contributed by atoms with Crippen molar-refractivity contribution in [3.63, 3.8) is 0 Å². The van der Waals surface area contributed by atoms with Crippen molar-refractivity contribution >= 4 is 11.8 Å².